The number of hydrogen-bond donors (Lipinski definition) is 3. The fraction of sp³-hybridized carbons (Fsp3) is 0.385. The first-order valence-electron chi connectivity index (χ1n) is 12.0. The Hall–Kier alpha value is -2.88. The van der Waals surface area contributed by atoms with Crippen molar-refractivity contribution in [2.75, 3.05) is 36.5 Å². The summed E-state index contributed by atoms with van der Waals surface area (Å²) in [5, 5.41) is 6.02. The number of para-hydroxylation sites is 1. The van der Waals surface area contributed by atoms with Crippen molar-refractivity contribution in [3.8, 4) is 0 Å². The van der Waals surface area contributed by atoms with Crippen molar-refractivity contribution < 1.29 is 8.42 Å². The number of benzene rings is 2. The predicted octanol–water partition coefficient (Wildman–Crippen LogP) is 5.50. The van der Waals surface area contributed by atoms with Crippen molar-refractivity contribution in [1.29, 1.82) is 0 Å². The number of nitrogen functional groups attached to an aromatic ring is 1. The average Bonchev–Trinajstić information content (AvgIpc) is 2.84. The molecular formula is C26H33ClN6O2S. The molecule has 0 spiro atoms. The van der Waals surface area contributed by atoms with Crippen molar-refractivity contribution in [3.05, 3.63) is 58.7 Å². The Bertz CT molecular complexity index is 1350. The minimum atomic E-state index is -3.51. The van der Waals surface area contributed by atoms with E-state index < -0.39 is 15.1 Å². The van der Waals surface area contributed by atoms with E-state index in [9.17, 15) is 8.42 Å². The molecule has 1 aromatic heterocycles. The molecule has 0 atom stereocenters. The largest absolute Gasteiger partial charge is 0.398 e. The minimum absolute atomic E-state index is 0.192. The Balaban J connectivity index is 1.59. The third-order valence-corrected chi connectivity index (χ3v) is 9.13. The molecule has 8 nitrogen and oxygen atoms in total. The number of nitrogens with zero attached hydrogens (tertiary/aromatic N) is 3. The van der Waals surface area contributed by atoms with E-state index in [1.54, 1.807) is 38.1 Å². The molecule has 1 aliphatic rings. The van der Waals surface area contributed by atoms with Gasteiger partial charge in [-0.25, -0.2) is 13.4 Å². The van der Waals surface area contributed by atoms with Gasteiger partial charge in [0.05, 0.1) is 22.0 Å². The molecule has 1 saturated heterocycles. The lowest BCUT2D eigenvalue weighted by atomic mass is 9.87. The summed E-state index contributed by atoms with van der Waals surface area (Å²) in [5.74, 6) is 1.08. The van der Waals surface area contributed by atoms with Crippen LogP contribution in [0.2, 0.25) is 5.02 Å². The third kappa shape index (κ3) is 5.58. The summed E-state index contributed by atoms with van der Waals surface area (Å²) in [6.07, 6.45) is 3.66. The predicted molar refractivity (Wildman–Crippen MR) is 147 cm³/mol. The SMILES string of the molecule is Cc1cc(C2CCN(C)CC2)c(N)cc1Nc1ncc(Cl)c(Nc2ccccc2S(=O)(=O)C(C)C)n1. The zero-order valence-electron chi connectivity index (χ0n) is 21.0. The number of piperidine rings is 1. The summed E-state index contributed by atoms with van der Waals surface area (Å²) in [4.78, 5) is 11.4. The fourth-order valence-corrected chi connectivity index (χ4v) is 5.73. The van der Waals surface area contributed by atoms with Crippen LogP contribution < -0.4 is 16.4 Å². The van der Waals surface area contributed by atoms with Crippen LogP contribution in [0.4, 0.5) is 28.8 Å². The second-order valence-corrected chi connectivity index (χ2v) is 12.5. The monoisotopic (exact) mass is 528 g/mol. The van der Waals surface area contributed by atoms with Gasteiger partial charge in [-0.2, -0.15) is 4.98 Å². The van der Waals surface area contributed by atoms with Crippen LogP contribution in [0.5, 0.6) is 0 Å². The van der Waals surface area contributed by atoms with Crippen LogP contribution in [0.25, 0.3) is 0 Å². The van der Waals surface area contributed by atoms with Gasteiger partial charge in [0.1, 0.15) is 5.02 Å². The molecule has 4 N–H and O–H groups in total. The maximum Gasteiger partial charge on any atom is 0.229 e. The van der Waals surface area contributed by atoms with E-state index in [0.29, 0.717) is 23.4 Å². The summed E-state index contributed by atoms with van der Waals surface area (Å²) < 4.78 is 25.7. The van der Waals surface area contributed by atoms with Crippen molar-refractivity contribution in [2.24, 2.45) is 0 Å². The van der Waals surface area contributed by atoms with Crippen LogP contribution in [0.1, 0.15) is 43.7 Å². The third-order valence-electron chi connectivity index (χ3n) is 6.65. The second-order valence-electron chi connectivity index (χ2n) is 9.60. The molecule has 0 bridgehead atoms. The lowest BCUT2D eigenvalue weighted by Gasteiger charge is -2.30. The molecule has 0 unspecified atom stereocenters. The number of anilines is 5. The molecule has 192 valence electrons. The van der Waals surface area contributed by atoms with Gasteiger partial charge in [-0.05, 0) is 89.0 Å². The van der Waals surface area contributed by atoms with Crippen molar-refractivity contribution >= 4 is 50.3 Å². The molecule has 1 fully saturated rings. The van der Waals surface area contributed by atoms with Crippen LogP contribution in [0, 0.1) is 6.92 Å². The van der Waals surface area contributed by atoms with E-state index in [0.717, 1.165) is 42.9 Å². The highest BCUT2D eigenvalue weighted by atomic mass is 35.5. The molecule has 0 aliphatic carbocycles. The van der Waals surface area contributed by atoms with Gasteiger partial charge < -0.3 is 21.3 Å². The molecule has 0 radical (unpaired) electrons. The first-order valence-corrected chi connectivity index (χ1v) is 14.0. The van der Waals surface area contributed by atoms with Crippen LogP contribution in [-0.2, 0) is 9.84 Å². The number of hydrogen-bond acceptors (Lipinski definition) is 8. The van der Waals surface area contributed by atoms with Gasteiger partial charge >= 0.3 is 0 Å². The zero-order chi connectivity index (χ0) is 26.0. The molecule has 10 heteroatoms. The summed E-state index contributed by atoms with van der Waals surface area (Å²) in [6.45, 7) is 7.47. The van der Waals surface area contributed by atoms with E-state index >= 15 is 0 Å². The van der Waals surface area contributed by atoms with Crippen molar-refractivity contribution in [1.82, 2.24) is 14.9 Å². The highest BCUT2D eigenvalue weighted by molar-refractivity contribution is 7.92. The molecule has 0 saturated carbocycles. The van der Waals surface area contributed by atoms with Crippen molar-refractivity contribution in [2.45, 2.75) is 49.7 Å². The lowest BCUT2D eigenvalue weighted by Crippen LogP contribution is -2.29. The van der Waals surface area contributed by atoms with Crippen LogP contribution in [0.15, 0.2) is 47.5 Å². The Morgan fingerprint density at radius 1 is 1.11 bits per heavy atom. The summed E-state index contributed by atoms with van der Waals surface area (Å²) in [6, 6.07) is 10.8. The molecule has 2 heterocycles. The zero-order valence-corrected chi connectivity index (χ0v) is 22.6. The standard InChI is InChI=1S/C26H33ClN6O2S/c1-16(2)36(34,35)24-8-6-5-7-22(24)30-25-20(27)15-29-26(32-25)31-23-14-21(28)19(13-17(23)3)18-9-11-33(4)12-10-18/h5-8,13-16,18H,9-12,28H2,1-4H3,(H2,29,30,31,32). The maximum atomic E-state index is 12.8. The Morgan fingerprint density at radius 3 is 2.50 bits per heavy atom. The average molecular weight is 529 g/mol. The number of likely N-dealkylation sites (tertiary alicyclic amines) is 1. The van der Waals surface area contributed by atoms with Crippen LogP contribution in [0.3, 0.4) is 0 Å². The van der Waals surface area contributed by atoms with Gasteiger partial charge in [0.25, 0.3) is 0 Å². The number of halogens is 1. The lowest BCUT2D eigenvalue weighted by molar-refractivity contribution is 0.255. The van der Waals surface area contributed by atoms with Gasteiger partial charge in [-0.1, -0.05) is 29.8 Å². The maximum absolute atomic E-state index is 12.8. The minimum Gasteiger partial charge on any atom is -0.398 e. The quantitative estimate of drug-likeness (QED) is 0.344. The summed E-state index contributed by atoms with van der Waals surface area (Å²) in [5.41, 5.74) is 10.6. The molecule has 36 heavy (non-hydrogen) atoms. The van der Waals surface area contributed by atoms with Crippen molar-refractivity contribution in [3.63, 3.8) is 0 Å². The number of aryl methyl sites for hydroxylation is 1. The molecule has 0 amide bonds. The summed E-state index contributed by atoms with van der Waals surface area (Å²) >= 11 is 6.36. The van der Waals surface area contributed by atoms with E-state index in [1.807, 2.05) is 13.0 Å². The van der Waals surface area contributed by atoms with E-state index in [4.69, 9.17) is 17.3 Å². The van der Waals surface area contributed by atoms with Crippen LogP contribution in [-0.4, -0.2) is 48.7 Å². The molecular weight excluding hydrogens is 496 g/mol. The van der Waals surface area contributed by atoms with Gasteiger partial charge in [-0.15, -0.1) is 0 Å². The van der Waals surface area contributed by atoms with E-state index in [1.165, 1.54) is 11.8 Å². The van der Waals surface area contributed by atoms with Crippen LogP contribution >= 0.6 is 11.6 Å². The normalized spacial score (nSPS) is 15.3. The smallest absolute Gasteiger partial charge is 0.229 e. The highest BCUT2D eigenvalue weighted by Gasteiger charge is 2.24. The highest BCUT2D eigenvalue weighted by Crippen LogP contribution is 2.36. The number of nitrogens with one attached hydrogen (secondary N) is 2. The molecule has 4 rings (SSSR count). The van der Waals surface area contributed by atoms with E-state index in [2.05, 4.69) is 38.6 Å². The van der Waals surface area contributed by atoms with Gasteiger partial charge in [0, 0.05) is 11.4 Å². The van der Waals surface area contributed by atoms with Gasteiger partial charge in [-0.3, -0.25) is 0 Å². The number of rotatable bonds is 7. The first-order chi connectivity index (χ1) is 17.1. The topological polar surface area (TPSA) is 113 Å². The van der Waals surface area contributed by atoms with E-state index in [-0.39, 0.29) is 9.92 Å². The number of sulfone groups is 1. The molecule has 3 aromatic rings. The molecule has 2 aromatic carbocycles. The Labute approximate surface area is 218 Å². The summed E-state index contributed by atoms with van der Waals surface area (Å²) in [7, 11) is -1.36. The first kappa shape index (κ1) is 26.2. The Kier molecular flexibility index (Phi) is 7.73. The second kappa shape index (κ2) is 10.6. The number of nitrogens with two attached hydrogens (primary N) is 1. The Morgan fingerprint density at radius 2 is 1.81 bits per heavy atom. The molecule has 1 aliphatic heterocycles. The fourth-order valence-electron chi connectivity index (χ4n) is 4.39. The van der Waals surface area contributed by atoms with Gasteiger partial charge in [0.15, 0.2) is 15.7 Å². The van der Waals surface area contributed by atoms with Gasteiger partial charge in [0.2, 0.25) is 5.95 Å². The number of aromatic nitrogens is 2.